The summed E-state index contributed by atoms with van der Waals surface area (Å²) in [6, 6.07) is 9.66. The largest absolute Gasteiger partial charge is 0.212 e. The fourth-order valence-corrected chi connectivity index (χ4v) is 1.65. The first kappa shape index (κ1) is 11.1. The van der Waals surface area contributed by atoms with E-state index in [0.717, 1.165) is 5.69 Å². The van der Waals surface area contributed by atoms with Crippen molar-refractivity contribution in [3.05, 3.63) is 58.9 Å². The van der Waals surface area contributed by atoms with Crippen LogP contribution < -0.4 is 4.57 Å². The van der Waals surface area contributed by atoms with Crippen LogP contribution in [0.3, 0.4) is 0 Å². The van der Waals surface area contributed by atoms with Gasteiger partial charge in [0.1, 0.15) is 12.9 Å². The van der Waals surface area contributed by atoms with Gasteiger partial charge in [-0.15, -0.1) is 0 Å². The Kier molecular flexibility index (Phi) is 3.03. The molecule has 0 saturated heterocycles. The normalized spacial score (nSPS) is 9.76. The Morgan fingerprint density at radius 3 is 2.82 bits per heavy atom. The highest BCUT2D eigenvalue weighted by atomic mass is 19.1. The molecule has 1 heterocycles. The summed E-state index contributed by atoms with van der Waals surface area (Å²) in [5.41, 5.74) is 10.3. The Morgan fingerprint density at radius 2 is 2.12 bits per heavy atom. The minimum atomic E-state index is -0.360. The molecule has 0 amide bonds. The lowest BCUT2D eigenvalue weighted by atomic mass is 10.1. The molecule has 1 aromatic heterocycles. The highest BCUT2D eigenvalue weighted by Gasteiger charge is 2.13. The van der Waals surface area contributed by atoms with Crippen molar-refractivity contribution in [2.24, 2.45) is 12.2 Å². The molecular formula is C12H10FN4+. The van der Waals surface area contributed by atoms with Crippen LogP contribution in [0.25, 0.3) is 21.7 Å². The monoisotopic (exact) mass is 229 g/mol. The molecule has 0 saturated carbocycles. The van der Waals surface area contributed by atoms with Crippen LogP contribution in [0.4, 0.5) is 10.1 Å². The van der Waals surface area contributed by atoms with Crippen molar-refractivity contribution in [3.8, 4) is 11.3 Å². The van der Waals surface area contributed by atoms with Gasteiger partial charge in [-0.05, 0) is 29.8 Å². The van der Waals surface area contributed by atoms with Gasteiger partial charge in [-0.1, -0.05) is 5.11 Å². The molecule has 5 heteroatoms. The topological polar surface area (TPSA) is 52.6 Å². The molecule has 0 radical (unpaired) electrons. The molecule has 0 spiro atoms. The van der Waals surface area contributed by atoms with Gasteiger partial charge in [0.15, 0.2) is 6.20 Å². The average Bonchev–Trinajstić information content (AvgIpc) is 2.32. The Balaban J connectivity index is 2.69. The molecular weight excluding hydrogens is 219 g/mol. The van der Waals surface area contributed by atoms with E-state index in [-0.39, 0.29) is 5.82 Å². The fourth-order valence-electron chi connectivity index (χ4n) is 1.65. The third-order valence-corrected chi connectivity index (χ3v) is 2.44. The van der Waals surface area contributed by atoms with Crippen LogP contribution in [-0.2, 0) is 7.05 Å². The molecule has 17 heavy (non-hydrogen) atoms. The zero-order valence-electron chi connectivity index (χ0n) is 9.21. The quantitative estimate of drug-likeness (QED) is 0.328. The molecule has 0 aliphatic carbocycles. The maximum Gasteiger partial charge on any atom is 0.212 e. The molecule has 0 atom stereocenters. The smallest absolute Gasteiger partial charge is 0.207 e. The standard InChI is InChI=1S/C12H10FN4/c1-17-7-3-2-4-12(17)10-8-9(13)5-6-11(10)15-16-14/h2-8H,1H3/q+1. The van der Waals surface area contributed by atoms with E-state index in [9.17, 15) is 4.39 Å². The summed E-state index contributed by atoms with van der Waals surface area (Å²) >= 11 is 0. The first-order valence-corrected chi connectivity index (χ1v) is 5.02. The number of aromatic nitrogens is 1. The number of aryl methyl sites for hydroxylation is 1. The van der Waals surface area contributed by atoms with Gasteiger partial charge in [0, 0.05) is 17.0 Å². The van der Waals surface area contributed by atoms with E-state index in [1.807, 2.05) is 36.0 Å². The van der Waals surface area contributed by atoms with Crippen molar-refractivity contribution in [3.63, 3.8) is 0 Å². The van der Waals surface area contributed by atoms with Gasteiger partial charge >= 0.3 is 0 Å². The van der Waals surface area contributed by atoms with Gasteiger partial charge in [-0.2, -0.15) is 0 Å². The number of halogens is 1. The number of rotatable bonds is 2. The summed E-state index contributed by atoms with van der Waals surface area (Å²) in [7, 11) is 1.85. The minimum absolute atomic E-state index is 0.360. The summed E-state index contributed by atoms with van der Waals surface area (Å²) in [5.74, 6) is -0.360. The van der Waals surface area contributed by atoms with Gasteiger partial charge in [0.25, 0.3) is 0 Å². The lowest BCUT2D eigenvalue weighted by Crippen LogP contribution is -2.29. The van der Waals surface area contributed by atoms with Gasteiger partial charge in [-0.3, -0.25) is 0 Å². The summed E-state index contributed by atoms with van der Waals surface area (Å²) in [6.07, 6.45) is 1.85. The van der Waals surface area contributed by atoms with Crippen molar-refractivity contribution < 1.29 is 8.96 Å². The lowest BCUT2D eigenvalue weighted by Gasteiger charge is -2.03. The molecule has 4 nitrogen and oxygen atoms in total. The van der Waals surface area contributed by atoms with E-state index in [1.54, 1.807) is 0 Å². The molecule has 1 aromatic carbocycles. The summed E-state index contributed by atoms with van der Waals surface area (Å²) < 4.78 is 15.1. The fraction of sp³-hybridized carbons (Fsp3) is 0.0833. The molecule has 0 fully saturated rings. The van der Waals surface area contributed by atoms with Crippen LogP contribution in [-0.4, -0.2) is 0 Å². The highest BCUT2D eigenvalue weighted by molar-refractivity contribution is 5.71. The van der Waals surface area contributed by atoms with E-state index in [0.29, 0.717) is 11.3 Å². The van der Waals surface area contributed by atoms with Crippen LogP contribution in [0.5, 0.6) is 0 Å². The second-order valence-corrected chi connectivity index (χ2v) is 3.55. The first-order valence-electron chi connectivity index (χ1n) is 5.02. The Bertz CT molecular complexity index is 603. The summed E-state index contributed by atoms with van der Waals surface area (Å²) in [6.45, 7) is 0. The number of hydrogen-bond acceptors (Lipinski definition) is 1. The number of nitrogens with zero attached hydrogens (tertiary/aromatic N) is 4. The molecule has 0 bridgehead atoms. The molecule has 2 rings (SSSR count). The number of azide groups is 1. The zero-order valence-corrected chi connectivity index (χ0v) is 9.21. The summed E-state index contributed by atoms with van der Waals surface area (Å²) in [5, 5.41) is 3.57. The van der Waals surface area contributed by atoms with Crippen molar-refractivity contribution in [1.29, 1.82) is 0 Å². The first-order chi connectivity index (χ1) is 8.22. The molecule has 0 aliphatic heterocycles. The van der Waals surface area contributed by atoms with Crippen LogP contribution in [0, 0.1) is 5.82 Å². The Labute approximate surface area is 97.6 Å². The van der Waals surface area contributed by atoms with E-state index < -0.39 is 0 Å². The zero-order chi connectivity index (χ0) is 12.3. The number of benzene rings is 1. The van der Waals surface area contributed by atoms with Gasteiger partial charge in [0.05, 0.1) is 11.3 Å². The molecule has 0 aliphatic rings. The third-order valence-electron chi connectivity index (χ3n) is 2.44. The number of pyridine rings is 1. The number of hydrogen-bond donors (Lipinski definition) is 0. The van der Waals surface area contributed by atoms with Crippen molar-refractivity contribution >= 4 is 5.69 Å². The van der Waals surface area contributed by atoms with E-state index in [4.69, 9.17) is 5.53 Å². The van der Waals surface area contributed by atoms with Crippen LogP contribution >= 0.6 is 0 Å². The molecule has 0 unspecified atom stereocenters. The second kappa shape index (κ2) is 4.63. The van der Waals surface area contributed by atoms with Crippen molar-refractivity contribution in [2.45, 2.75) is 0 Å². The third kappa shape index (κ3) is 2.24. The summed E-state index contributed by atoms with van der Waals surface area (Å²) in [4.78, 5) is 2.74. The van der Waals surface area contributed by atoms with Gasteiger partial charge in [0.2, 0.25) is 5.69 Å². The maximum atomic E-state index is 13.3. The Hall–Kier alpha value is -2.39. The van der Waals surface area contributed by atoms with E-state index in [2.05, 4.69) is 10.0 Å². The SMILES string of the molecule is C[n+]1ccccc1-c1cc(F)ccc1N=[N+]=[N-]. The van der Waals surface area contributed by atoms with Crippen molar-refractivity contribution in [2.75, 3.05) is 0 Å². The lowest BCUT2D eigenvalue weighted by molar-refractivity contribution is -0.660. The predicted octanol–water partition coefficient (Wildman–Crippen LogP) is 3.26. The van der Waals surface area contributed by atoms with E-state index >= 15 is 0 Å². The average molecular weight is 229 g/mol. The minimum Gasteiger partial charge on any atom is -0.207 e. The molecule has 84 valence electrons. The molecule has 0 N–H and O–H groups in total. The van der Waals surface area contributed by atoms with Gasteiger partial charge in [-0.25, -0.2) is 8.96 Å². The van der Waals surface area contributed by atoms with Crippen LogP contribution in [0.2, 0.25) is 0 Å². The highest BCUT2D eigenvalue weighted by Crippen LogP contribution is 2.28. The van der Waals surface area contributed by atoms with E-state index in [1.165, 1.54) is 18.2 Å². The second-order valence-electron chi connectivity index (χ2n) is 3.55. The Morgan fingerprint density at radius 1 is 1.29 bits per heavy atom. The van der Waals surface area contributed by atoms with Crippen LogP contribution in [0.1, 0.15) is 0 Å². The predicted molar refractivity (Wildman–Crippen MR) is 61.8 cm³/mol. The van der Waals surface area contributed by atoms with Crippen LogP contribution in [0.15, 0.2) is 47.7 Å². The maximum absolute atomic E-state index is 13.3. The molecule has 2 aromatic rings. The van der Waals surface area contributed by atoms with Crippen molar-refractivity contribution in [1.82, 2.24) is 0 Å². The van der Waals surface area contributed by atoms with Gasteiger partial charge < -0.3 is 0 Å².